The number of rotatable bonds is 10. The molecule has 40 heavy (non-hydrogen) atoms. The van der Waals surface area contributed by atoms with Crippen molar-refractivity contribution in [3.63, 3.8) is 0 Å². The third-order valence-corrected chi connectivity index (χ3v) is 7.48. The smallest absolute Gasteiger partial charge is 0.308 e. The average molecular weight is 538 g/mol. The second-order valence-corrected chi connectivity index (χ2v) is 10.1. The summed E-state index contributed by atoms with van der Waals surface area (Å²) in [5, 5.41) is 0. The molecule has 0 atom stereocenters. The minimum atomic E-state index is -0.0982. The van der Waals surface area contributed by atoms with Crippen molar-refractivity contribution < 1.29 is 19.0 Å². The van der Waals surface area contributed by atoms with Gasteiger partial charge in [-0.15, -0.1) is 0 Å². The molecule has 0 N–H and O–H groups in total. The summed E-state index contributed by atoms with van der Waals surface area (Å²) in [6.07, 6.45) is 5.42. The van der Waals surface area contributed by atoms with E-state index in [1.165, 1.54) is 7.11 Å². The van der Waals surface area contributed by atoms with Gasteiger partial charge in [0.2, 0.25) is 11.8 Å². The topological polar surface area (TPSA) is 73.8 Å². The maximum Gasteiger partial charge on any atom is 0.308 e. The summed E-state index contributed by atoms with van der Waals surface area (Å²) in [6.45, 7) is 0.820. The van der Waals surface area contributed by atoms with E-state index < -0.39 is 0 Å². The Kier molecular flexibility index (Phi) is 8.91. The van der Waals surface area contributed by atoms with Crippen molar-refractivity contribution in [1.82, 2.24) is 9.97 Å². The molecule has 5 rings (SSSR count). The molecule has 1 fully saturated rings. The minimum absolute atomic E-state index is 0.00596. The molecule has 2 aromatic heterocycles. The molecular weight excluding hydrogens is 502 g/mol. The third kappa shape index (κ3) is 6.78. The first kappa shape index (κ1) is 27.2. The number of hydrogen-bond donors (Lipinski definition) is 0. The zero-order valence-electron chi connectivity index (χ0n) is 23.0. The van der Waals surface area contributed by atoms with Crippen LogP contribution in [-0.2, 0) is 22.7 Å². The molecule has 7 heteroatoms. The molecule has 0 unspecified atom stereocenters. The van der Waals surface area contributed by atoms with E-state index in [9.17, 15) is 4.79 Å². The van der Waals surface area contributed by atoms with Crippen LogP contribution in [0.4, 0.5) is 5.82 Å². The molecule has 7 nitrogen and oxygen atoms in total. The molecule has 0 amide bonds. The minimum Gasteiger partial charge on any atom is -0.473 e. The lowest BCUT2D eigenvalue weighted by molar-refractivity contribution is -0.146. The van der Waals surface area contributed by atoms with Gasteiger partial charge in [-0.2, -0.15) is 4.98 Å². The van der Waals surface area contributed by atoms with E-state index >= 15 is 0 Å². The monoisotopic (exact) mass is 537 g/mol. The maximum atomic E-state index is 11.9. The lowest BCUT2D eigenvalue weighted by atomic mass is 9.85. The zero-order chi connectivity index (χ0) is 27.7. The number of methoxy groups -OCH3 is 1. The lowest BCUT2D eigenvalue weighted by Crippen LogP contribution is -2.37. The molecule has 0 spiro atoms. The van der Waals surface area contributed by atoms with Gasteiger partial charge in [-0.05, 0) is 55.0 Å². The Morgan fingerprint density at radius 1 is 0.825 bits per heavy atom. The SMILES string of the molecule is COC(=O)[C@H]1CC[C@H](N(C)c2ccc(-c3ccc(OCc4ccccc4)nc3OCc3ccccc3)cn2)CC1. The highest BCUT2D eigenvalue weighted by Gasteiger charge is 2.29. The molecule has 1 aliphatic rings. The van der Waals surface area contributed by atoms with Crippen LogP contribution in [0, 0.1) is 5.92 Å². The number of anilines is 1. The quantitative estimate of drug-likeness (QED) is 0.215. The molecule has 4 aromatic rings. The Labute approximate surface area is 235 Å². The van der Waals surface area contributed by atoms with Gasteiger partial charge in [0.15, 0.2) is 0 Å². The second-order valence-electron chi connectivity index (χ2n) is 10.1. The van der Waals surface area contributed by atoms with Crippen molar-refractivity contribution in [2.45, 2.75) is 44.9 Å². The zero-order valence-corrected chi connectivity index (χ0v) is 23.0. The molecule has 206 valence electrons. The Hall–Kier alpha value is -4.39. The van der Waals surface area contributed by atoms with Gasteiger partial charge in [-0.25, -0.2) is 4.98 Å². The Bertz CT molecular complexity index is 1370. The van der Waals surface area contributed by atoms with E-state index in [4.69, 9.17) is 24.2 Å². The molecule has 0 bridgehead atoms. The third-order valence-electron chi connectivity index (χ3n) is 7.48. The van der Waals surface area contributed by atoms with Crippen molar-refractivity contribution in [2.75, 3.05) is 19.1 Å². The van der Waals surface area contributed by atoms with Crippen LogP contribution in [0.15, 0.2) is 91.1 Å². The van der Waals surface area contributed by atoms with Crippen LogP contribution in [-0.4, -0.2) is 36.1 Å². The summed E-state index contributed by atoms with van der Waals surface area (Å²) in [7, 11) is 3.53. The normalized spacial score (nSPS) is 16.6. The number of benzene rings is 2. The highest BCUT2D eigenvalue weighted by Crippen LogP contribution is 2.33. The summed E-state index contributed by atoms with van der Waals surface area (Å²) in [5.41, 5.74) is 3.89. The number of esters is 1. The predicted molar refractivity (Wildman–Crippen MR) is 155 cm³/mol. The van der Waals surface area contributed by atoms with Crippen molar-refractivity contribution in [2.24, 2.45) is 5.92 Å². The van der Waals surface area contributed by atoms with Gasteiger partial charge in [0.05, 0.1) is 13.0 Å². The second kappa shape index (κ2) is 13.1. The summed E-state index contributed by atoms with van der Waals surface area (Å²) < 4.78 is 17.1. The van der Waals surface area contributed by atoms with Crippen LogP contribution in [0.3, 0.4) is 0 Å². The van der Waals surface area contributed by atoms with Crippen molar-refractivity contribution in [3.8, 4) is 22.9 Å². The molecule has 0 aliphatic heterocycles. The number of pyridine rings is 2. The molecule has 0 saturated heterocycles. The van der Waals surface area contributed by atoms with E-state index in [1.54, 1.807) is 0 Å². The lowest BCUT2D eigenvalue weighted by Gasteiger charge is -2.34. The first-order chi connectivity index (χ1) is 19.6. The summed E-state index contributed by atoms with van der Waals surface area (Å²) in [6, 6.07) is 28.3. The Morgan fingerprint density at radius 2 is 1.48 bits per heavy atom. The van der Waals surface area contributed by atoms with Gasteiger partial charge in [0.25, 0.3) is 0 Å². The number of hydrogen-bond acceptors (Lipinski definition) is 7. The van der Waals surface area contributed by atoms with E-state index in [-0.39, 0.29) is 11.9 Å². The van der Waals surface area contributed by atoms with Crippen LogP contribution >= 0.6 is 0 Å². The van der Waals surface area contributed by atoms with Crippen molar-refractivity contribution in [1.29, 1.82) is 0 Å². The van der Waals surface area contributed by atoms with Crippen LogP contribution < -0.4 is 14.4 Å². The molecule has 2 aromatic carbocycles. The highest BCUT2D eigenvalue weighted by molar-refractivity contribution is 5.72. The maximum absolute atomic E-state index is 11.9. The summed E-state index contributed by atoms with van der Waals surface area (Å²) >= 11 is 0. The van der Waals surface area contributed by atoms with E-state index in [2.05, 4.69) is 18.0 Å². The van der Waals surface area contributed by atoms with Gasteiger partial charge >= 0.3 is 5.97 Å². The molecule has 2 heterocycles. The van der Waals surface area contributed by atoms with Crippen LogP contribution in [0.25, 0.3) is 11.1 Å². The van der Waals surface area contributed by atoms with Crippen LogP contribution in [0.5, 0.6) is 11.8 Å². The molecular formula is C33H35N3O4. The van der Waals surface area contributed by atoms with Crippen molar-refractivity contribution in [3.05, 3.63) is 102 Å². The van der Waals surface area contributed by atoms with Gasteiger partial charge in [0.1, 0.15) is 19.0 Å². The van der Waals surface area contributed by atoms with Crippen LogP contribution in [0.2, 0.25) is 0 Å². The van der Waals surface area contributed by atoms with Gasteiger partial charge < -0.3 is 19.1 Å². The number of ether oxygens (including phenoxy) is 3. The average Bonchev–Trinajstić information content (AvgIpc) is 3.03. The van der Waals surface area contributed by atoms with Gasteiger partial charge in [0, 0.05) is 36.5 Å². The number of nitrogens with zero attached hydrogens (tertiary/aromatic N) is 3. The van der Waals surface area contributed by atoms with Gasteiger partial charge in [-0.1, -0.05) is 60.7 Å². The molecule has 0 radical (unpaired) electrons. The fourth-order valence-corrected chi connectivity index (χ4v) is 5.10. The molecule has 1 saturated carbocycles. The van der Waals surface area contributed by atoms with Crippen molar-refractivity contribution >= 4 is 11.8 Å². The first-order valence-electron chi connectivity index (χ1n) is 13.7. The fourth-order valence-electron chi connectivity index (χ4n) is 5.10. The Balaban J connectivity index is 1.31. The fraction of sp³-hybridized carbons (Fsp3) is 0.303. The largest absolute Gasteiger partial charge is 0.473 e. The number of carbonyl (C=O) groups excluding carboxylic acids is 1. The highest BCUT2D eigenvalue weighted by atomic mass is 16.5. The van der Waals surface area contributed by atoms with Crippen LogP contribution in [0.1, 0.15) is 36.8 Å². The number of carbonyl (C=O) groups is 1. The first-order valence-corrected chi connectivity index (χ1v) is 13.7. The molecule has 1 aliphatic carbocycles. The van der Waals surface area contributed by atoms with Gasteiger partial charge in [-0.3, -0.25) is 4.79 Å². The standard InChI is InChI=1S/C33H35N3O4/c1-36(28-16-13-26(14-17-28)33(37)38-2)30-19-15-27(21-34-30)29-18-20-31(39-22-24-9-5-3-6-10-24)35-32(29)40-23-25-11-7-4-8-12-25/h3-12,15,18-21,26,28H,13-14,16-17,22-23H2,1-2H3/t26-,28-. The Morgan fingerprint density at radius 3 is 2.08 bits per heavy atom. The predicted octanol–water partition coefficient (Wildman–Crippen LogP) is 6.47. The summed E-state index contributed by atoms with van der Waals surface area (Å²) in [4.78, 5) is 23.6. The summed E-state index contributed by atoms with van der Waals surface area (Å²) in [5.74, 6) is 1.80. The van der Waals surface area contributed by atoms with E-state index in [0.29, 0.717) is 31.0 Å². The number of aromatic nitrogens is 2. The van der Waals surface area contributed by atoms with E-state index in [1.807, 2.05) is 85.1 Å². The van der Waals surface area contributed by atoms with E-state index in [0.717, 1.165) is 53.8 Å².